The topological polar surface area (TPSA) is 32.3 Å². The molecular weight excluding hydrogens is 234 g/mol. The lowest BCUT2D eigenvalue weighted by Gasteiger charge is -2.21. The molecule has 0 aliphatic heterocycles. The van der Waals surface area contributed by atoms with E-state index in [4.69, 9.17) is 0 Å². The lowest BCUT2D eigenvalue weighted by Crippen LogP contribution is -2.22. The highest BCUT2D eigenvalue weighted by atomic mass is 16.3. The van der Waals surface area contributed by atoms with Crippen molar-refractivity contribution in [3.8, 4) is 5.75 Å². The van der Waals surface area contributed by atoms with Crippen LogP contribution >= 0.6 is 0 Å². The number of nitrogens with one attached hydrogen (secondary N) is 1. The zero-order chi connectivity index (χ0) is 13.2. The van der Waals surface area contributed by atoms with E-state index < -0.39 is 0 Å². The molecule has 0 spiro atoms. The largest absolute Gasteiger partial charge is 0.508 e. The van der Waals surface area contributed by atoms with Crippen LogP contribution in [0.3, 0.4) is 0 Å². The van der Waals surface area contributed by atoms with Crippen LogP contribution in [0.4, 0.5) is 0 Å². The molecule has 0 heterocycles. The Balaban J connectivity index is 1.76. The molecular formula is C17H19NO. The summed E-state index contributed by atoms with van der Waals surface area (Å²) in [5.74, 6) is 0.331. The Hall–Kier alpha value is -1.80. The van der Waals surface area contributed by atoms with Crippen LogP contribution < -0.4 is 5.32 Å². The van der Waals surface area contributed by atoms with Crippen molar-refractivity contribution < 1.29 is 5.11 Å². The van der Waals surface area contributed by atoms with Crippen LogP contribution in [0, 0.1) is 0 Å². The van der Waals surface area contributed by atoms with Gasteiger partial charge in [-0.1, -0.05) is 36.4 Å². The summed E-state index contributed by atoms with van der Waals surface area (Å²) in [6.07, 6.45) is 2.31. The fourth-order valence-corrected chi connectivity index (χ4v) is 2.92. The van der Waals surface area contributed by atoms with Crippen molar-refractivity contribution in [3.63, 3.8) is 0 Å². The number of fused-ring (bicyclic) bond motifs is 1. The molecule has 2 unspecified atom stereocenters. The van der Waals surface area contributed by atoms with Crippen molar-refractivity contribution >= 4 is 0 Å². The summed E-state index contributed by atoms with van der Waals surface area (Å²) in [5, 5.41) is 13.2. The summed E-state index contributed by atoms with van der Waals surface area (Å²) in [6.45, 7) is 2.15. The van der Waals surface area contributed by atoms with Gasteiger partial charge in [0, 0.05) is 12.1 Å². The summed E-state index contributed by atoms with van der Waals surface area (Å²) >= 11 is 0. The predicted molar refractivity (Wildman–Crippen MR) is 77.2 cm³/mol. The first-order valence-electron chi connectivity index (χ1n) is 6.87. The molecule has 0 saturated carbocycles. The molecule has 3 rings (SSSR count). The fraction of sp³-hybridized carbons (Fsp3) is 0.294. The van der Waals surface area contributed by atoms with Gasteiger partial charge in [-0.25, -0.2) is 0 Å². The van der Waals surface area contributed by atoms with E-state index in [9.17, 15) is 5.11 Å². The Kier molecular flexibility index (Phi) is 3.26. The van der Waals surface area contributed by atoms with E-state index in [1.165, 1.54) is 11.1 Å². The third-order valence-corrected chi connectivity index (χ3v) is 3.95. The van der Waals surface area contributed by atoms with Crippen LogP contribution in [0.15, 0.2) is 48.5 Å². The van der Waals surface area contributed by atoms with Gasteiger partial charge in [0.25, 0.3) is 0 Å². The monoisotopic (exact) mass is 253 g/mol. The van der Waals surface area contributed by atoms with E-state index in [1.807, 2.05) is 12.1 Å². The molecule has 2 aromatic rings. The number of aryl methyl sites for hydroxylation is 1. The molecule has 1 aliphatic carbocycles. The van der Waals surface area contributed by atoms with Crippen LogP contribution in [0.1, 0.15) is 42.1 Å². The molecule has 0 aromatic heterocycles. The second-order valence-corrected chi connectivity index (χ2v) is 5.27. The highest BCUT2D eigenvalue weighted by Crippen LogP contribution is 2.33. The molecule has 0 bridgehead atoms. The molecule has 1 aliphatic rings. The Labute approximate surface area is 114 Å². The van der Waals surface area contributed by atoms with Crippen LogP contribution in [-0.4, -0.2) is 5.11 Å². The van der Waals surface area contributed by atoms with Gasteiger partial charge in [0.2, 0.25) is 0 Å². The zero-order valence-electron chi connectivity index (χ0n) is 11.1. The van der Waals surface area contributed by atoms with Crippen molar-refractivity contribution in [3.05, 3.63) is 65.2 Å². The number of phenolic OH excluding ortho intramolecular Hbond substituents is 1. The average molecular weight is 253 g/mol. The van der Waals surface area contributed by atoms with Crippen molar-refractivity contribution in [1.82, 2.24) is 5.32 Å². The number of hydrogen-bond acceptors (Lipinski definition) is 2. The molecule has 0 saturated heterocycles. The molecule has 0 amide bonds. The third-order valence-electron chi connectivity index (χ3n) is 3.95. The molecule has 2 heteroatoms. The second-order valence-electron chi connectivity index (χ2n) is 5.27. The van der Waals surface area contributed by atoms with Gasteiger partial charge in [-0.15, -0.1) is 0 Å². The van der Waals surface area contributed by atoms with E-state index in [-0.39, 0.29) is 6.04 Å². The van der Waals surface area contributed by atoms with Crippen molar-refractivity contribution in [2.24, 2.45) is 0 Å². The molecule has 98 valence electrons. The number of benzene rings is 2. The van der Waals surface area contributed by atoms with Crippen molar-refractivity contribution in [2.45, 2.75) is 31.8 Å². The van der Waals surface area contributed by atoms with E-state index in [0.717, 1.165) is 18.4 Å². The van der Waals surface area contributed by atoms with E-state index in [2.05, 4.69) is 42.6 Å². The summed E-state index contributed by atoms with van der Waals surface area (Å²) in [7, 11) is 0. The smallest absolute Gasteiger partial charge is 0.115 e. The first kappa shape index (κ1) is 12.2. The Morgan fingerprint density at radius 1 is 1.16 bits per heavy atom. The maximum Gasteiger partial charge on any atom is 0.115 e. The van der Waals surface area contributed by atoms with Gasteiger partial charge in [-0.2, -0.15) is 0 Å². The van der Waals surface area contributed by atoms with E-state index in [0.29, 0.717) is 11.8 Å². The lowest BCUT2D eigenvalue weighted by atomic mass is 10.0. The van der Waals surface area contributed by atoms with Gasteiger partial charge in [0.1, 0.15) is 5.75 Å². The predicted octanol–water partition coefficient (Wildman–Crippen LogP) is 3.73. The molecule has 0 radical (unpaired) electrons. The zero-order valence-corrected chi connectivity index (χ0v) is 11.1. The Bertz CT molecular complexity index is 579. The first-order valence-corrected chi connectivity index (χ1v) is 6.87. The van der Waals surface area contributed by atoms with E-state index in [1.54, 1.807) is 6.07 Å². The minimum atomic E-state index is 0.239. The summed E-state index contributed by atoms with van der Waals surface area (Å²) in [5.41, 5.74) is 4.02. The van der Waals surface area contributed by atoms with Crippen molar-refractivity contribution in [1.29, 1.82) is 0 Å². The maximum atomic E-state index is 9.55. The van der Waals surface area contributed by atoms with Crippen LogP contribution in [0.2, 0.25) is 0 Å². The maximum absolute atomic E-state index is 9.55. The average Bonchev–Trinajstić information content (AvgIpc) is 2.82. The lowest BCUT2D eigenvalue weighted by molar-refractivity contribution is 0.455. The van der Waals surface area contributed by atoms with Gasteiger partial charge in [-0.3, -0.25) is 0 Å². The highest BCUT2D eigenvalue weighted by molar-refractivity contribution is 5.35. The van der Waals surface area contributed by atoms with Gasteiger partial charge in [0.15, 0.2) is 0 Å². The van der Waals surface area contributed by atoms with Crippen molar-refractivity contribution in [2.75, 3.05) is 0 Å². The third kappa shape index (κ3) is 2.49. The molecule has 0 fully saturated rings. The van der Waals surface area contributed by atoms with E-state index >= 15 is 0 Å². The highest BCUT2D eigenvalue weighted by Gasteiger charge is 2.23. The van der Waals surface area contributed by atoms with Gasteiger partial charge < -0.3 is 10.4 Å². The Morgan fingerprint density at radius 3 is 2.84 bits per heavy atom. The first-order chi connectivity index (χ1) is 9.24. The van der Waals surface area contributed by atoms with Crippen LogP contribution in [0.25, 0.3) is 0 Å². The summed E-state index contributed by atoms with van der Waals surface area (Å²) < 4.78 is 0. The number of phenols is 1. The van der Waals surface area contributed by atoms with Gasteiger partial charge in [-0.05, 0) is 48.6 Å². The second kappa shape index (κ2) is 5.06. The number of rotatable bonds is 3. The van der Waals surface area contributed by atoms with Gasteiger partial charge in [0.05, 0.1) is 0 Å². The van der Waals surface area contributed by atoms with Crippen LogP contribution in [0.5, 0.6) is 5.75 Å². The quantitative estimate of drug-likeness (QED) is 0.873. The number of aromatic hydroxyl groups is 1. The minimum absolute atomic E-state index is 0.239. The standard InChI is InChI=1S/C17H19NO/c1-12(14-6-4-7-15(19)11-14)18-17-10-9-13-5-2-3-8-16(13)17/h2-8,11-12,17-19H,9-10H2,1H3. The fourth-order valence-electron chi connectivity index (χ4n) is 2.92. The normalized spacial score (nSPS) is 19.1. The minimum Gasteiger partial charge on any atom is -0.508 e. The summed E-state index contributed by atoms with van der Waals surface area (Å²) in [4.78, 5) is 0. The molecule has 2 aromatic carbocycles. The van der Waals surface area contributed by atoms with Gasteiger partial charge >= 0.3 is 0 Å². The molecule has 2 atom stereocenters. The summed E-state index contributed by atoms with van der Waals surface area (Å²) in [6, 6.07) is 16.8. The molecule has 19 heavy (non-hydrogen) atoms. The SMILES string of the molecule is CC(NC1CCc2ccccc21)c1cccc(O)c1. The molecule has 2 nitrogen and oxygen atoms in total. The number of hydrogen-bond donors (Lipinski definition) is 2. The van der Waals surface area contributed by atoms with Crippen LogP contribution in [-0.2, 0) is 6.42 Å². The molecule has 2 N–H and O–H groups in total. The Morgan fingerprint density at radius 2 is 2.00 bits per heavy atom.